The van der Waals surface area contributed by atoms with Crippen molar-refractivity contribution < 1.29 is 14.7 Å². The first-order chi connectivity index (χ1) is 9.97. The van der Waals surface area contributed by atoms with Crippen LogP contribution in [-0.4, -0.2) is 56.7 Å². The first kappa shape index (κ1) is 16.5. The lowest BCUT2D eigenvalue weighted by Crippen LogP contribution is -2.56. The Morgan fingerprint density at radius 2 is 2.05 bits per heavy atom. The molecule has 5 nitrogen and oxygen atoms in total. The van der Waals surface area contributed by atoms with Crippen molar-refractivity contribution in [3.63, 3.8) is 0 Å². The molecule has 0 aromatic rings. The highest BCUT2D eigenvalue weighted by atomic mass is 32.2. The summed E-state index contributed by atoms with van der Waals surface area (Å²) in [5, 5.41) is 9.40. The third-order valence-corrected chi connectivity index (χ3v) is 6.08. The van der Waals surface area contributed by atoms with Crippen molar-refractivity contribution in [2.45, 2.75) is 63.9 Å². The van der Waals surface area contributed by atoms with Gasteiger partial charge in [0, 0.05) is 18.3 Å². The number of carbonyl (C=O) groups is 2. The van der Waals surface area contributed by atoms with Gasteiger partial charge in [-0.2, -0.15) is 0 Å². The summed E-state index contributed by atoms with van der Waals surface area (Å²) < 4.78 is 0. The van der Waals surface area contributed by atoms with Gasteiger partial charge in [0.25, 0.3) is 0 Å². The van der Waals surface area contributed by atoms with Gasteiger partial charge >= 0.3 is 12.0 Å². The number of nitrogens with zero attached hydrogens (tertiary/aromatic N) is 2. The molecule has 0 saturated carbocycles. The molecule has 0 bridgehead atoms. The van der Waals surface area contributed by atoms with Gasteiger partial charge in [-0.3, -0.25) is 4.90 Å². The van der Waals surface area contributed by atoms with Gasteiger partial charge in [0.1, 0.15) is 6.04 Å². The minimum atomic E-state index is -0.885. The maximum atomic E-state index is 13.0. The van der Waals surface area contributed by atoms with Gasteiger partial charge in [0.05, 0.1) is 5.37 Å². The number of hydrogen-bond donors (Lipinski definition) is 1. The summed E-state index contributed by atoms with van der Waals surface area (Å²) in [6.07, 6.45) is 4.16. The molecule has 2 saturated heterocycles. The van der Waals surface area contributed by atoms with Crippen molar-refractivity contribution in [2.24, 2.45) is 5.92 Å². The number of carbonyl (C=O) groups excluding carboxylic acids is 1. The van der Waals surface area contributed by atoms with Crippen LogP contribution in [0, 0.1) is 5.92 Å². The number of likely N-dealkylation sites (tertiary alicyclic amines) is 1. The zero-order valence-electron chi connectivity index (χ0n) is 13.1. The second-order valence-electron chi connectivity index (χ2n) is 6.26. The van der Waals surface area contributed by atoms with Crippen LogP contribution in [-0.2, 0) is 4.79 Å². The Balaban J connectivity index is 2.21. The van der Waals surface area contributed by atoms with E-state index in [1.165, 1.54) is 0 Å². The smallest absolute Gasteiger partial charge is 0.327 e. The van der Waals surface area contributed by atoms with E-state index in [-0.39, 0.29) is 23.4 Å². The molecule has 3 unspecified atom stereocenters. The molecule has 2 fully saturated rings. The third-order valence-electron chi connectivity index (χ3n) is 4.46. The van der Waals surface area contributed by atoms with E-state index < -0.39 is 12.0 Å². The fraction of sp³-hybridized carbons (Fsp3) is 0.867. The number of piperidine rings is 1. The average molecular weight is 314 g/mol. The van der Waals surface area contributed by atoms with Crippen LogP contribution in [0.3, 0.4) is 0 Å². The highest BCUT2D eigenvalue weighted by Crippen LogP contribution is 2.36. The monoisotopic (exact) mass is 314 g/mol. The molecule has 120 valence electrons. The van der Waals surface area contributed by atoms with Crippen molar-refractivity contribution in [3.05, 3.63) is 0 Å². The lowest BCUT2D eigenvalue weighted by atomic mass is 10.0. The van der Waals surface area contributed by atoms with E-state index in [0.717, 1.165) is 32.2 Å². The van der Waals surface area contributed by atoms with Crippen molar-refractivity contribution in [2.75, 3.05) is 12.3 Å². The Hall–Kier alpha value is -0.910. The quantitative estimate of drug-likeness (QED) is 0.870. The molecular formula is C15H26N2O3S. The number of thioether (sulfide) groups is 1. The molecule has 0 aliphatic carbocycles. The number of aliphatic carboxylic acids is 1. The fourth-order valence-electron chi connectivity index (χ4n) is 3.30. The number of hydrogen-bond acceptors (Lipinski definition) is 3. The molecule has 21 heavy (non-hydrogen) atoms. The molecule has 1 N–H and O–H groups in total. The van der Waals surface area contributed by atoms with Gasteiger partial charge in [-0.1, -0.05) is 20.8 Å². The molecular weight excluding hydrogens is 288 g/mol. The maximum Gasteiger partial charge on any atom is 0.327 e. The summed E-state index contributed by atoms with van der Waals surface area (Å²) in [6, 6.07) is -0.494. The van der Waals surface area contributed by atoms with E-state index in [9.17, 15) is 14.7 Å². The molecule has 0 spiro atoms. The van der Waals surface area contributed by atoms with E-state index in [1.54, 1.807) is 16.7 Å². The molecule has 0 radical (unpaired) electrons. The number of carboxylic acid groups (broad SMARTS) is 1. The minimum Gasteiger partial charge on any atom is -0.480 e. The molecule has 2 amide bonds. The summed E-state index contributed by atoms with van der Waals surface area (Å²) in [7, 11) is 0. The van der Waals surface area contributed by atoms with Crippen LogP contribution in [0.25, 0.3) is 0 Å². The Kier molecular flexibility index (Phi) is 5.41. The van der Waals surface area contributed by atoms with Gasteiger partial charge < -0.3 is 10.0 Å². The Morgan fingerprint density at radius 3 is 2.62 bits per heavy atom. The van der Waals surface area contributed by atoms with Crippen molar-refractivity contribution in [1.29, 1.82) is 0 Å². The summed E-state index contributed by atoms with van der Waals surface area (Å²) in [4.78, 5) is 28.0. The van der Waals surface area contributed by atoms with Crippen molar-refractivity contribution in [3.8, 4) is 0 Å². The predicted molar refractivity (Wildman–Crippen MR) is 84.4 cm³/mol. The number of rotatable bonds is 3. The van der Waals surface area contributed by atoms with Gasteiger partial charge in [0.15, 0.2) is 0 Å². The average Bonchev–Trinajstić information content (AvgIpc) is 2.91. The first-order valence-electron chi connectivity index (χ1n) is 7.90. The standard InChI is InChI=1S/C15H26N2O3S/c1-4-11-7-5-6-8-16(11)15(20)17-12(14(18)19)9-21-13(17)10(2)3/h10-13H,4-9H2,1-3H3,(H,18,19). The predicted octanol–water partition coefficient (Wildman–Crippen LogP) is 2.86. The second-order valence-corrected chi connectivity index (χ2v) is 7.41. The molecule has 0 aromatic heterocycles. The van der Waals surface area contributed by atoms with Gasteiger partial charge in [-0.15, -0.1) is 11.8 Å². The lowest BCUT2D eigenvalue weighted by molar-refractivity contribution is -0.141. The van der Waals surface area contributed by atoms with Crippen LogP contribution in [0.15, 0.2) is 0 Å². The van der Waals surface area contributed by atoms with Crippen LogP contribution in [0.2, 0.25) is 0 Å². The summed E-state index contributed by atoms with van der Waals surface area (Å²) >= 11 is 1.59. The highest BCUT2D eigenvalue weighted by Gasteiger charge is 2.45. The zero-order valence-corrected chi connectivity index (χ0v) is 13.9. The van der Waals surface area contributed by atoms with Gasteiger partial charge in [0.2, 0.25) is 0 Å². The summed E-state index contributed by atoms with van der Waals surface area (Å²) in [5.41, 5.74) is 0. The normalized spacial score (nSPS) is 30.0. The van der Waals surface area contributed by atoms with Crippen molar-refractivity contribution in [1.82, 2.24) is 9.80 Å². The molecule has 2 heterocycles. The van der Waals surface area contributed by atoms with Crippen LogP contribution in [0.1, 0.15) is 46.5 Å². The van der Waals surface area contributed by atoms with Gasteiger partial charge in [-0.05, 0) is 31.6 Å². The molecule has 2 aliphatic heterocycles. The van der Waals surface area contributed by atoms with Crippen LogP contribution < -0.4 is 0 Å². The SMILES string of the molecule is CCC1CCCCN1C(=O)N1C(C(=O)O)CSC1C(C)C. The largest absolute Gasteiger partial charge is 0.480 e. The summed E-state index contributed by atoms with van der Waals surface area (Å²) in [5.74, 6) is -0.133. The second kappa shape index (κ2) is 6.90. The number of urea groups is 1. The van der Waals surface area contributed by atoms with E-state index in [4.69, 9.17) is 0 Å². The third kappa shape index (κ3) is 3.30. The molecule has 2 rings (SSSR count). The van der Waals surface area contributed by atoms with Crippen molar-refractivity contribution >= 4 is 23.8 Å². The number of carboxylic acids is 1. The highest BCUT2D eigenvalue weighted by molar-refractivity contribution is 8.00. The summed E-state index contributed by atoms with van der Waals surface area (Å²) in [6.45, 7) is 6.96. The van der Waals surface area contributed by atoms with E-state index in [2.05, 4.69) is 20.8 Å². The first-order valence-corrected chi connectivity index (χ1v) is 8.95. The van der Waals surface area contributed by atoms with Crippen LogP contribution in [0.5, 0.6) is 0 Å². The Labute approximate surface area is 131 Å². The number of amides is 2. The van der Waals surface area contributed by atoms with E-state index >= 15 is 0 Å². The van der Waals surface area contributed by atoms with E-state index in [1.807, 2.05) is 4.90 Å². The fourth-order valence-corrected chi connectivity index (χ4v) is 4.76. The van der Waals surface area contributed by atoms with Crippen LogP contribution in [0.4, 0.5) is 4.79 Å². The van der Waals surface area contributed by atoms with Gasteiger partial charge in [-0.25, -0.2) is 9.59 Å². The zero-order chi connectivity index (χ0) is 15.6. The molecule has 3 atom stereocenters. The molecule has 6 heteroatoms. The lowest BCUT2D eigenvalue weighted by Gasteiger charge is -2.40. The van der Waals surface area contributed by atoms with E-state index in [0.29, 0.717) is 5.75 Å². The Bertz CT molecular complexity index is 402. The maximum absolute atomic E-state index is 13.0. The van der Waals surface area contributed by atoms with Crippen LogP contribution >= 0.6 is 11.8 Å². The Morgan fingerprint density at radius 1 is 1.33 bits per heavy atom. The topological polar surface area (TPSA) is 60.9 Å². The molecule has 0 aromatic carbocycles. The molecule has 2 aliphatic rings. The minimum absolute atomic E-state index is 0.0296.